The number of hydrogen-bond donors (Lipinski definition) is 0. The zero-order valence-electron chi connectivity index (χ0n) is 20.6. The largest absolute Gasteiger partial charge is 0.300 e. The third kappa shape index (κ3) is 3.60. The molecule has 6 nitrogen and oxygen atoms in total. The first-order valence-corrected chi connectivity index (χ1v) is 13.7. The van der Waals surface area contributed by atoms with Crippen molar-refractivity contribution < 1.29 is 0 Å². The van der Waals surface area contributed by atoms with Crippen molar-refractivity contribution in [2.75, 3.05) is 78.5 Å². The molecule has 8 aliphatic heterocycles. The van der Waals surface area contributed by atoms with E-state index >= 15 is 0 Å². The van der Waals surface area contributed by atoms with Crippen molar-refractivity contribution in [2.45, 2.75) is 52.4 Å². The highest BCUT2D eigenvalue weighted by atomic mass is 15.3. The molecule has 8 bridgehead atoms. The van der Waals surface area contributed by atoms with E-state index < -0.39 is 0 Å². The minimum atomic E-state index is 0.254. The lowest BCUT2D eigenvalue weighted by atomic mass is 9.67. The first kappa shape index (κ1) is 21.7. The molecule has 178 valence electrons. The maximum Gasteiger partial charge on any atom is 0.0549 e. The first-order valence-electron chi connectivity index (χ1n) is 13.7. The van der Waals surface area contributed by atoms with Gasteiger partial charge in [0.1, 0.15) is 0 Å². The van der Waals surface area contributed by atoms with Crippen LogP contribution in [-0.2, 0) is 0 Å². The summed E-state index contributed by atoms with van der Waals surface area (Å²) in [6.45, 7) is 19.4. The summed E-state index contributed by atoms with van der Waals surface area (Å²) in [6, 6.07) is 0. The predicted octanol–water partition coefficient (Wildman–Crippen LogP) is 2.66. The Morgan fingerprint density at radius 3 is 1.28 bits per heavy atom. The molecule has 0 spiro atoms. The minimum Gasteiger partial charge on any atom is -0.300 e. The second kappa shape index (κ2) is 8.44. The molecule has 0 radical (unpaired) electrons. The zero-order valence-corrected chi connectivity index (χ0v) is 20.6. The monoisotopic (exact) mass is 440 g/mol. The van der Waals surface area contributed by atoms with Crippen LogP contribution in [0.5, 0.6) is 0 Å². The average Bonchev–Trinajstić information content (AvgIpc) is 3.16. The Bertz CT molecular complexity index is 678. The van der Waals surface area contributed by atoms with Gasteiger partial charge in [-0.2, -0.15) is 10.2 Å². The molecule has 0 saturated carbocycles. The van der Waals surface area contributed by atoms with Crippen molar-refractivity contribution in [3.8, 4) is 0 Å². The van der Waals surface area contributed by atoms with Gasteiger partial charge >= 0.3 is 0 Å². The second-order valence-corrected chi connectivity index (χ2v) is 12.1. The Morgan fingerprint density at radius 2 is 0.969 bits per heavy atom. The van der Waals surface area contributed by atoms with Crippen LogP contribution < -0.4 is 0 Å². The quantitative estimate of drug-likeness (QED) is 0.571. The maximum atomic E-state index is 5.33. The summed E-state index contributed by atoms with van der Waals surface area (Å²) in [6.07, 6.45) is 7.78. The number of fused-ring (bicyclic) bond motifs is 2. The molecule has 0 aromatic rings. The second-order valence-electron chi connectivity index (χ2n) is 12.1. The normalized spacial score (nSPS) is 49.2. The van der Waals surface area contributed by atoms with Gasteiger partial charge in [0.15, 0.2) is 0 Å². The van der Waals surface area contributed by atoms with Crippen LogP contribution in [0.1, 0.15) is 52.4 Å². The molecule has 0 aromatic heterocycles. The van der Waals surface area contributed by atoms with Crippen molar-refractivity contribution >= 4 is 11.4 Å². The Kier molecular flexibility index (Phi) is 5.72. The summed E-state index contributed by atoms with van der Waals surface area (Å²) in [5.41, 5.74) is 3.49. The fourth-order valence-electron chi connectivity index (χ4n) is 8.30. The molecule has 8 aliphatic rings. The van der Waals surface area contributed by atoms with Crippen LogP contribution in [-0.4, -0.2) is 110 Å². The Morgan fingerprint density at radius 1 is 0.625 bits per heavy atom. The van der Waals surface area contributed by atoms with E-state index in [1.165, 1.54) is 128 Å². The molecule has 8 rings (SSSR count). The van der Waals surface area contributed by atoms with E-state index in [1.54, 1.807) is 0 Å². The molecule has 8 fully saturated rings. The lowest BCUT2D eigenvalue weighted by Gasteiger charge is -2.51. The Hall–Kier alpha value is -0.820. The smallest absolute Gasteiger partial charge is 0.0549 e. The standard InChI is InChI=1S/C26H44N6/c1-3-5-7-25-17-29-9-10-30(18-25)14-21(13-29)23(25)27-28-24-22-15-31-11-12-32(16-22)20-26(24,19-31)8-6-4-2/h21-22H,3-20H2,1-2H3/b27-23+,28-24?. The summed E-state index contributed by atoms with van der Waals surface area (Å²) in [7, 11) is 0. The molecule has 0 N–H and O–H groups in total. The van der Waals surface area contributed by atoms with Gasteiger partial charge in [-0.1, -0.05) is 39.5 Å². The van der Waals surface area contributed by atoms with Crippen LogP contribution in [0.25, 0.3) is 0 Å². The third-order valence-corrected chi connectivity index (χ3v) is 9.63. The molecule has 0 aromatic carbocycles. The van der Waals surface area contributed by atoms with Gasteiger partial charge in [0.25, 0.3) is 0 Å². The van der Waals surface area contributed by atoms with Crippen LogP contribution in [0.3, 0.4) is 0 Å². The minimum absolute atomic E-state index is 0.254. The van der Waals surface area contributed by atoms with Gasteiger partial charge in [0.2, 0.25) is 0 Å². The van der Waals surface area contributed by atoms with Crippen LogP contribution >= 0.6 is 0 Å². The van der Waals surface area contributed by atoms with E-state index in [-0.39, 0.29) is 10.8 Å². The van der Waals surface area contributed by atoms with Crippen molar-refractivity contribution in [2.24, 2.45) is 32.9 Å². The van der Waals surface area contributed by atoms with Gasteiger partial charge in [0, 0.05) is 101 Å². The van der Waals surface area contributed by atoms with Crippen molar-refractivity contribution in [3.63, 3.8) is 0 Å². The molecule has 8 heterocycles. The summed E-state index contributed by atoms with van der Waals surface area (Å²) in [5.74, 6) is 1.19. The summed E-state index contributed by atoms with van der Waals surface area (Å²) >= 11 is 0. The molecule has 32 heavy (non-hydrogen) atoms. The van der Waals surface area contributed by atoms with E-state index in [4.69, 9.17) is 10.2 Å². The third-order valence-electron chi connectivity index (χ3n) is 9.63. The molecule has 0 amide bonds. The summed E-state index contributed by atoms with van der Waals surface area (Å²) in [5, 5.41) is 10.7. The number of hydrogen-bond acceptors (Lipinski definition) is 6. The van der Waals surface area contributed by atoms with E-state index in [9.17, 15) is 0 Å². The van der Waals surface area contributed by atoms with E-state index in [0.29, 0.717) is 11.8 Å². The highest BCUT2D eigenvalue weighted by Gasteiger charge is 2.53. The van der Waals surface area contributed by atoms with Crippen LogP contribution in [0, 0.1) is 22.7 Å². The topological polar surface area (TPSA) is 37.7 Å². The lowest BCUT2D eigenvalue weighted by molar-refractivity contribution is 0.106. The van der Waals surface area contributed by atoms with E-state index in [2.05, 4.69) is 33.4 Å². The van der Waals surface area contributed by atoms with Gasteiger partial charge in [-0.25, -0.2) is 0 Å². The van der Waals surface area contributed by atoms with Gasteiger partial charge in [0.05, 0.1) is 11.4 Å². The summed E-state index contributed by atoms with van der Waals surface area (Å²) in [4.78, 5) is 11.0. The fraction of sp³-hybridized carbons (Fsp3) is 0.923. The molecule has 8 saturated heterocycles. The highest BCUT2D eigenvalue weighted by Crippen LogP contribution is 2.44. The maximum absolute atomic E-state index is 5.33. The molecule has 6 heteroatoms. The SMILES string of the molecule is CCCCC12CN3CCN(CC(C3)C1=N/N=C1\C3CN4CCN(C3)CC1(CCCC)C4)C2. The number of unbranched alkanes of at least 4 members (excludes halogenated alkanes) is 2. The van der Waals surface area contributed by atoms with Crippen molar-refractivity contribution in [1.82, 2.24) is 19.6 Å². The Labute approximate surface area is 195 Å². The van der Waals surface area contributed by atoms with Crippen LogP contribution in [0.2, 0.25) is 0 Å². The summed E-state index contributed by atoms with van der Waals surface area (Å²) < 4.78 is 0. The van der Waals surface area contributed by atoms with Crippen LogP contribution in [0.4, 0.5) is 0 Å². The molecule has 0 aliphatic carbocycles. The predicted molar refractivity (Wildman–Crippen MR) is 132 cm³/mol. The van der Waals surface area contributed by atoms with Crippen molar-refractivity contribution in [3.05, 3.63) is 0 Å². The van der Waals surface area contributed by atoms with Gasteiger partial charge < -0.3 is 19.6 Å². The first-order chi connectivity index (χ1) is 15.6. The highest BCUT2D eigenvalue weighted by molar-refractivity contribution is 5.98. The van der Waals surface area contributed by atoms with Gasteiger partial charge in [-0.3, -0.25) is 0 Å². The fourth-order valence-corrected chi connectivity index (χ4v) is 8.30. The van der Waals surface area contributed by atoms with Crippen molar-refractivity contribution in [1.29, 1.82) is 0 Å². The number of piperidine rings is 4. The van der Waals surface area contributed by atoms with Gasteiger partial charge in [-0.05, 0) is 12.8 Å². The molecule has 4 unspecified atom stereocenters. The van der Waals surface area contributed by atoms with Gasteiger partial charge in [-0.15, -0.1) is 0 Å². The Balaban J connectivity index is 1.37. The molecular formula is C26H44N6. The molecule has 4 atom stereocenters. The zero-order chi connectivity index (χ0) is 21.8. The average molecular weight is 441 g/mol. The van der Waals surface area contributed by atoms with Crippen LogP contribution in [0.15, 0.2) is 10.2 Å². The lowest BCUT2D eigenvalue weighted by Crippen LogP contribution is -2.62. The number of rotatable bonds is 7. The number of nitrogens with zero attached hydrogens (tertiary/aromatic N) is 6. The molecular weight excluding hydrogens is 396 g/mol. The van der Waals surface area contributed by atoms with E-state index in [0.717, 1.165) is 0 Å². The van der Waals surface area contributed by atoms with E-state index in [1.807, 2.05) is 0 Å².